The summed E-state index contributed by atoms with van der Waals surface area (Å²) >= 11 is 0. The van der Waals surface area contributed by atoms with Crippen molar-refractivity contribution in [1.29, 1.82) is 0 Å². The number of nitrogens with zero attached hydrogens (tertiary/aromatic N) is 2. The third kappa shape index (κ3) is 5.09. The molecule has 3 N–H and O–H groups in total. The van der Waals surface area contributed by atoms with Crippen molar-refractivity contribution in [3.63, 3.8) is 0 Å². The predicted octanol–water partition coefficient (Wildman–Crippen LogP) is 2.02. The molecule has 0 radical (unpaired) electrons. The highest BCUT2D eigenvalue weighted by molar-refractivity contribution is 7.92. The Bertz CT molecular complexity index is 1270. The summed E-state index contributed by atoms with van der Waals surface area (Å²) in [5.74, 6) is -1.000. The lowest BCUT2D eigenvalue weighted by Crippen LogP contribution is -2.12. The van der Waals surface area contributed by atoms with E-state index in [2.05, 4.69) is 14.7 Å². The van der Waals surface area contributed by atoms with E-state index in [9.17, 15) is 18.0 Å². The van der Waals surface area contributed by atoms with Crippen LogP contribution < -0.4 is 10.5 Å². The smallest absolute Gasteiger partial charge is 0.342 e. The molecule has 0 amide bonds. The van der Waals surface area contributed by atoms with Gasteiger partial charge in [0, 0.05) is 5.69 Å². The lowest BCUT2D eigenvalue weighted by atomic mass is 10.2. The molecule has 3 rings (SSSR count). The van der Waals surface area contributed by atoms with Gasteiger partial charge in [-0.05, 0) is 32.0 Å². The number of ether oxygens (including phenoxy) is 2. The Balaban J connectivity index is 1.79. The van der Waals surface area contributed by atoms with E-state index in [0.29, 0.717) is 0 Å². The second-order valence-corrected chi connectivity index (χ2v) is 8.24. The van der Waals surface area contributed by atoms with E-state index >= 15 is 0 Å². The molecule has 12 heteroatoms. The maximum absolute atomic E-state index is 12.3. The van der Waals surface area contributed by atoms with Crippen molar-refractivity contribution in [3.8, 4) is 0 Å². The summed E-state index contributed by atoms with van der Waals surface area (Å²) < 4.78 is 40.7. The van der Waals surface area contributed by atoms with Crippen molar-refractivity contribution in [2.75, 3.05) is 23.3 Å². The van der Waals surface area contributed by atoms with Crippen LogP contribution in [0.4, 0.5) is 11.5 Å². The largest absolute Gasteiger partial charge is 0.462 e. The van der Waals surface area contributed by atoms with Gasteiger partial charge in [-0.15, -0.1) is 0 Å². The van der Waals surface area contributed by atoms with E-state index in [1.165, 1.54) is 24.3 Å². The monoisotopic (exact) mass is 448 g/mol. The number of aromatic nitrogens is 2. The fraction of sp³-hybridized carbons (Fsp3) is 0.263. The second kappa shape index (κ2) is 8.60. The minimum Gasteiger partial charge on any atom is -0.462 e. The number of carbonyl (C=O) groups excluding carboxylic acids is 2. The summed E-state index contributed by atoms with van der Waals surface area (Å²) in [5, 5.41) is 0.227. The van der Waals surface area contributed by atoms with Crippen LogP contribution in [0, 0.1) is 6.92 Å². The molecule has 164 valence electrons. The molecule has 0 atom stereocenters. The molecular weight excluding hydrogens is 428 g/mol. The third-order valence-corrected chi connectivity index (χ3v) is 4.62. The number of furan rings is 1. The molecule has 1 aromatic carbocycles. The Morgan fingerprint density at radius 1 is 1.19 bits per heavy atom. The zero-order chi connectivity index (χ0) is 22.8. The average molecular weight is 448 g/mol. The van der Waals surface area contributed by atoms with Crippen LogP contribution in [0.25, 0.3) is 11.1 Å². The number of rotatable bonds is 7. The van der Waals surface area contributed by atoms with Gasteiger partial charge in [0.15, 0.2) is 12.4 Å². The summed E-state index contributed by atoms with van der Waals surface area (Å²) in [6.07, 6.45) is 1.000. The highest BCUT2D eigenvalue weighted by atomic mass is 32.2. The molecule has 0 fully saturated rings. The molecule has 31 heavy (non-hydrogen) atoms. The lowest BCUT2D eigenvalue weighted by Gasteiger charge is -2.07. The summed E-state index contributed by atoms with van der Waals surface area (Å²) in [6, 6.07) is 5.81. The Labute approximate surface area is 177 Å². The Morgan fingerprint density at radius 3 is 2.61 bits per heavy atom. The Morgan fingerprint density at radius 2 is 1.94 bits per heavy atom. The van der Waals surface area contributed by atoms with Gasteiger partial charge in [0.25, 0.3) is 0 Å². The maximum Gasteiger partial charge on any atom is 0.342 e. The molecule has 0 saturated heterocycles. The van der Waals surface area contributed by atoms with E-state index in [1.54, 1.807) is 13.8 Å². The van der Waals surface area contributed by atoms with Gasteiger partial charge in [-0.25, -0.2) is 23.0 Å². The third-order valence-electron chi connectivity index (χ3n) is 4.02. The van der Waals surface area contributed by atoms with E-state index < -0.39 is 22.0 Å². The average Bonchev–Trinajstić information content (AvgIpc) is 3.01. The zero-order valence-electron chi connectivity index (χ0n) is 17.0. The van der Waals surface area contributed by atoms with Gasteiger partial charge in [0.1, 0.15) is 17.1 Å². The zero-order valence-corrected chi connectivity index (χ0v) is 17.8. The first kappa shape index (κ1) is 22.0. The molecule has 0 saturated carbocycles. The van der Waals surface area contributed by atoms with Gasteiger partial charge < -0.3 is 19.6 Å². The van der Waals surface area contributed by atoms with Crippen LogP contribution in [-0.2, 0) is 26.1 Å². The number of sulfonamides is 1. The van der Waals surface area contributed by atoms with Gasteiger partial charge >= 0.3 is 11.9 Å². The van der Waals surface area contributed by atoms with Crippen molar-refractivity contribution < 1.29 is 31.9 Å². The number of esters is 2. The van der Waals surface area contributed by atoms with Crippen LogP contribution in [0.3, 0.4) is 0 Å². The SMILES string of the molecule is CCOC(=O)c1c(C)oc2nc(COC(=O)c3cccc(NS(C)(=O)=O)c3)nc(N)c12. The van der Waals surface area contributed by atoms with Crippen LogP contribution in [0.5, 0.6) is 0 Å². The van der Waals surface area contributed by atoms with Crippen LogP contribution in [0.15, 0.2) is 28.7 Å². The van der Waals surface area contributed by atoms with Gasteiger partial charge in [0.2, 0.25) is 15.7 Å². The van der Waals surface area contributed by atoms with Crippen LogP contribution in [0.1, 0.15) is 39.2 Å². The first-order valence-corrected chi connectivity index (χ1v) is 11.0. The lowest BCUT2D eigenvalue weighted by molar-refractivity contribution is 0.0461. The van der Waals surface area contributed by atoms with Gasteiger partial charge in [0.05, 0.1) is 23.8 Å². The van der Waals surface area contributed by atoms with E-state index in [-0.39, 0.29) is 58.5 Å². The quantitative estimate of drug-likeness (QED) is 0.511. The molecule has 2 aromatic heterocycles. The minimum absolute atomic E-state index is 0.0182. The van der Waals surface area contributed by atoms with Crippen molar-refractivity contribution in [2.45, 2.75) is 20.5 Å². The maximum atomic E-state index is 12.3. The van der Waals surface area contributed by atoms with Gasteiger partial charge in [-0.2, -0.15) is 4.98 Å². The summed E-state index contributed by atoms with van der Waals surface area (Å²) in [5.41, 5.74) is 6.54. The van der Waals surface area contributed by atoms with Crippen LogP contribution >= 0.6 is 0 Å². The number of nitrogens with two attached hydrogens (primary N) is 1. The normalized spacial score (nSPS) is 11.3. The highest BCUT2D eigenvalue weighted by Crippen LogP contribution is 2.29. The van der Waals surface area contributed by atoms with Crippen molar-refractivity contribution >= 4 is 44.6 Å². The van der Waals surface area contributed by atoms with Gasteiger partial charge in [-0.3, -0.25) is 4.72 Å². The summed E-state index contributed by atoms with van der Waals surface area (Å²) in [6.45, 7) is 3.11. The molecule has 0 unspecified atom stereocenters. The Kier molecular flexibility index (Phi) is 6.11. The molecule has 0 aliphatic heterocycles. The molecule has 2 heterocycles. The van der Waals surface area contributed by atoms with E-state index in [4.69, 9.17) is 19.6 Å². The van der Waals surface area contributed by atoms with Crippen molar-refractivity contribution in [1.82, 2.24) is 9.97 Å². The molecule has 0 spiro atoms. The van der Waals surface area contributed by atoms with Crippen LogP contribution in [0.2, 0.25) is 0 Å². The topological polar surface area (TPSA) is 164 Å². The number of hydrogen-bond donors (Lipinski definition) is 2. The number of anilines is 2. The predicted molar refractivity (Wildman–Crippen MR) is 111 cm³/mol. The molecule has 0 bridgehead atoms. The van der Waals surface area contributed by atoms with Crippen molar-refractivity contribution in [2.24, 2.45) is 0 Å². The van der Waals surface area contributed by atoms with E-state index in [1.807, 2.05) is 0 Å². The fourth-order valence-corrected chi connectivity index (χ4v) is 3.39. The standard InChI is InChI=1S/C19H20N4O7S/c1-4-28-19(25)14-10(2)30-17-15(14)16(20)21-13(22-17)9-29-18(24)11-6-5-7-12(8-11)23-31(3,26)27/h5-8,23H,4,9H2,1-3H3,(H2,20,21,22). The molecule has 0 aliphatic rings. The van der Waals surface area contributed by atoms with Crippen molar-refractivity contribution in [3.05, 3.63) is 47.0 Å². The number of hydrogen-bond acceptors (Lipinski definition) is 10. The summed E-state index contributed by atoms with van der Waals surface area (Å²) in [4.78, 5) is 32.7. The number of nitrogen functional groups attached to an aromatic ring is 1. The minimum atomic E-state index is -3.49. The van der Waals surface area contributed by atoms with Crippen LogP contribution in [-0.4, -0.2) is 43.2 Å². The van der Waals surface area contributed by atoms with Gasteiger partial charge in [-0.1, -0.05) is 6.07 Å². The fourth-order valence-electron chi connectivity index (χ4n) is 2.83. The second-order valence-electron chi connectivity index (χ2n) is 6.49. The molecular formula is C19H20N4O7S. The summed E-state index contributed by atoms with van der Waals surface area (Å²) in [7, 11) is -3.49. The Hall–Kier alpha value is -3.67. The number of aryl methyl sites for hydroxylation is 1. The van der Waals surface area contributed by atoms with E-state index in [0.717, 1.165) is 6.26 Å². The number of benzene rings is 1. The number of fused-ring (bicyclic) bond motifs is 1. The first-order chi connectivity index (χ1) is 14.6. The molecule has 11 nitrogen and oxygen atoms in total. The molecule has 3 aromatic rings. The molecule has 0 aliphatic carbocycles. The highest BCUT2D eigenvalue weighted by Gasteiger charge is 2.24. The number of nitrogens with one attached hydrogen (secondary N) is 1. The number of carbonyl (C=O) groups is 2. The first-order valence-electron chi connectivity index (χ1n) is 9.06.